The molecule has 0 unspecified atom stereocenters. The zero-order chi connectivity index (χ0) is 14.8. The van der Waals surface area contributed by atoms with Gasteiger partial charge in [-0.15, -0.1) is 5.10 Å². The number of fused-ring (bicyclic) bond motifs is 1. The maximum Gasteiger partial charge on any atom is 0.377 e. The largest absolute Gasteiger partial charge is 0.463 e. The molecule has 0 amide bonds. The number of hydrogen-bond acceptors (Lipinski definition) is 6. The minimum atomic E-state index is -0.561. The van der Waals surface area contributed by atoms with E-state index in [2.05, 4.69) is 19.8 Å². The van der Waals surface area contributed by atoms with Gasteiger partial charge >= 0.3 is 5.97 Å². The van der Waals surface area contributed by atoms with Crippen molar-refractivity contribution >= 4 is 22.6 Å². The van der Waals surface area contributed by atoms with Gasteiger partial charge in [-0.1, -0.05) is 6.07 Å². The molecule has 106 valence electrons. The molecule has 0 aliphatic carbocycles. The Balaban J connectivity index is 1.97. The highest BCUT2D eigenvalue weighted by atomic mass is 16.5. The van der Waals surface area contributed by atoms with Gasteiger partial charge in [0.15, 0.2) is 0 Å². The van der Waals surface area contributed by atoms with E-state index in [9.17, 15) is 4.79 Å². The van der Waals surface area contributed by atoms with Crippen molar-refractivity contribution in [2.24, 2.45) is 0 Å². The van der Waals surface area contributed by atoms with Crippen LogP contribution in [0.2, 0.25) is 0 Å². The zero-order valence-corrected chi connectivity index (χ0v) is 11.4. The molecule has 0 atom stereocenters. The number of methoxy groups -OCH3 is 1. The summed E-state index contributed by atoms with van der Waals surface area (Å²) in [6, 6.07) is 7.48. The van der Waals surface area contributed by atoms with Crippen LogP contribution >= 0.6 is 0 Å². The molecule has 0 spiro atoms. The normalized spacial score (nSPS) is 10.7. The van der Waals surface area contributed by atoms with Crippen LogP contribution in [-0.2, 0) is 11.3 Å². The number of aromatic nitrogens is 4. The number of hydrogen-bond donors (Lipinski definition) is 1. The van der Waals surface area contributed by atoms with Crippen molar-refractivity contribution in [1.82, 2.24) is 19.7 Å². The standard InChI is InChI=1S/C14H13N5O2/c1-21-14(20)13-17-8-19(18-13)7-9-4-5-11(15)10-3-2-6-16-12(9)10/h2-6,8H,7,15H2,1H3. The first-order chi connectivity index (χ1) is 10.2. The van der Waals surface area contributed by atoms with Crippen LogP contribution in [0.25, 0.3) is 10.9 Å². The molecule has 0 aliphatic rings. The zero-order valence-electron chi connectivity index (χ0n) is 11.4. The highest BCUT2D eigenvalue weighted by molar-refractivity contribution is 5.92. The van der Waals surface area contributed by atoms with Crippen molar-refractivity contribution in [3.63, 3.8) is 0 Å². The number of anilines is 1. The predicted molar refractivity (Wildman–Crippen MR) is 76.6 cm³/mol. The van der Waals surface area contributed by atoms with Crippen LogP contribution in [0.5, 0.6) is 0 Å². The number of nitrogen functional groups attached to an aromatic ring is 1. The Labute approximate surface area is 120 Å². The fourth-order valence-electron chi connectivity index (χ4n) is 2.11. The van der Waals surface area contributed by atoms with Gasteiger partial charge in [0, 0.05) is 22.8 Å². The summed E-state index contributed by atoms with van der Waals surface area (Å²) in [6.45, 7) is 0.442. The monoisotopic (exact) mass is 283 g/mol. The molecule has 1 aromatic carbocycles. The van der Waals surface area contributed by atoms with Gasteiger partial charge in [-0.05, 0) is 18.2 Å². The number of ether oxygens (including phenoxy) is 1. The molecule has 0 aliphatic heterocycles. The third kappa shape index (κ3) is 2.40. The Kier molecular flexibility index (Phi) is 3.23. The SMILES string of the molecule is COC(=O)c1ncn(Cc2ccc(N)c3cccnc23)n1. The highest BCUT2D eigenvalue weighted by Gasteiger charge is 2.12. The van der Waals surface area contributed by atoms with Gasteiger partial charge in [0.25, 0.3) is 5.82 Å². The first-order valence-corrected chi connectivity index (χ1v) is 6.29. The molecule has 0 radical (unpaired) electrons. The molecule has 21 heavy (non-hydrogen) atoms. The van der Waals surface area contributed by atoms with Gasteiger partial charge in [-0.3, -0.25) is 4.98 Å². The number of nitrogens with two attached hydrogens (primary N) is 1. The smallest absolute Gasteiger partial charge is 0.377 e. The number of nitrogens with zero attached hydrogens (tertiary/aromatic N) is 4. The molecule has 0 saturated heterocycles. The second-order valence-electron chi connectivity index (χ2n) is 4.47. The highest BCUT2D eigenvalue weighted by Crippen LogP contribution is 2.22. The average molecular weight is 283 g/mol. The maximum absolute atomic E-state index is 11.3. The van der Waals surface area contributed by atoms with Gasteiger partial charge in [-0.25, -0.2) is 14.5 Å². The van der Waals surface area contributed by atoms with Crippen molar-refractivity contribution in [1.29, 1.82) is 0 Å². The lowest BCUT2D eigenvalue weighted by molar-refractivity contribution is 0.0586. The van der Waals surface area contributed by atoms with Crippen molar-refractivity contribution in [2.75, 3.05) is 12.8 Å². The summed E-state index contributed by atoms with van der Waals surface area (Å²) in [5.41, 5.74) is 8.38. The molecule has 0 bridgehead atoms. The molecule has 0 saturated carbocycles. The van der Waals surface area contributed by atoms with Gasteiger partial charge < -0.3 is 10.5 Å². The number of carbonyl (C=O) groups is 1. The van der Waals surface area contributed by atoms with E-state index in [0.717, 1.165) is 16.5 Å². The molecular formula is C14H13N5O2. The van der Waals surface area contributed by atoms with E-state index in [0.29, 0.717) is 12.2 Å². The Hall–Kier alpha value is -2.96. The lowest BCUT2D eigenvalue weighted by Gasteiger charge is -2.07. The number of pyridine rings is 1. The fourth-order valence-corrected chi connectivity index (χ4v) is 2.11. The van der Waals surface area contributed by atoms with E-state index in [1.165, 1.54) is 13.4 Å². The molecule has 3 rings (SSSR count). The van der Waals surface area contributed by atoms with Gasteiger partial charge in [0.2, 0.25) is 0 Å². The third-order valence-corrected chi connectivity index (χ3v) is 3.12. The summed E-state index contributed by atoms with van der Waals surface area (Å²) in [5, 5.41) is 4.97. The second kappa shape index (κ2) is 5.20. The van der Waals surface area contributed by atoms with Crippen LogP contribution in [0.1, 0.15) is 16.2 Å². The van der Waals surface area contributed by atoms with Crippen LogP contribution in [0, 0.1) is 0 Å². The van der Waals surface area contributed by atoms with E-state index in [1.54, 1.807) is 10.9 Å². The van der Waals surface area contributed by atoms with E-state index >= 15 is 0 Å². The summed E-state index contributed by atoms with van der Waals surface area (Å²) in [5.74, 6) is -0.528. The van der Waals surface area contributed by atoms with Gasteiger partial charge in [0.1, 0.15) is 6.33 Å². The maximum atomic E-state index is 11.3. The average Bonchev–Trinajstić information content (AvgIpc) is 2.98. The number of rotatable bonds is 3. The fraction of sp³-hybridized carbons (Fsp3) is 0.143. The van der Waals surface area contributed by atoms with Crippen molar-refractivity contribution < 1.29 is 9.53 Å². The Morgan fingerprint density at radius 1 is 1.33 bits per heavy atom. The summed E-state index contributed by atoms with van der Waals surface area (Å²) in [4.78, 5) is 19.6. The second-order valence-corrected chi connectivity index (χ2v) is 4.47. The van der Waals surface area contributed by atoms with Crippen LogP contribution in [0.15, 0.2) is 36.8 Å². The summed E-state index contributed by atoms with van der Waals surface area (Å²) in [7, 11) is 1.29. The molecule has 2 aromatic heterocycles. The molecule has 3 aromatic rings. The lowest BCUT2D eigenvalue weighted by atomic mass is 10.1. The van der Waals surface area contributed by atoms with Crippen LogP contribution in [0.4, 0.5) is 5.69 Å². The minimum Gasteiger partial charge on any atom is -0.463 e. The first-order valence-electron chi connectivity index (χ1n) is 6.29. The van der Waals surface area contributed by atoms with Gasteiger partial charge in [0.05, 0.1) is 19.2 Å². The van der Waals surface area contributed by atoms with E-state index in [-0.39, 0.29) is 5.82 Å². The van der Waals surface area contributed by atoms with Gasteiger partial charge in [-0.2, -0.15) is 0 Å². The Morgan fingerprint density at radius 2 is 2.19 bits per heavy atom. The quantitative estimate of drug-likeness (QED) is 0.574. The van der Waals surface area contributed by atoms with Crippen LogP contribution < -0.4 is 5.73 Å². The topological polar surface area (TPSA) is 95.9 Å². The first kappa shape index (κ1) is 13.0. The summed E-state index contributed by atoms with van der Waals surface area (Å²) >= 11 is 0. The van der Waals surface area contributed by atoms with Crippen molar-refractivity contribution in [3.05, 3.63) is 48.2 Å². The van der Waals surface area contributed by atoms with Crippen molar-refractivity contribution in [2.45, 2.75) is 6.54 Å². The van der Waals surface area contributed by atoms with Crippen LogP contribution in [0.3, 0.4) is 0 Å². The molecule has 7 nitrogen and oxygen atoms in total. The predicted octanol–water partition coefficient (Wildman–Crippen LogP) is 1.24. The molecule has 2 heterocycles. The molecule has 2 N–H and O–H groups in total. The molecule has 7 heteroatoms. The Bertz CT molecular complexity index is 812. The minimum absolute atomic E-state index is 0.0326. The number of esters is 1. The number of carbonyl (C=O) groups excluding carboxylic acids is 1. The molecular weight excluding hydrogens is 270 g/mol. The molecule has 0 fully saturated rings. The Morgan fingerprint density at radius 3 is 3.00 bits per heavy atom. The van der Waals surface area contributed by atoms with Crippen molar-refractivity contribution in [3.8, 4) is 0 Å². The lowest BCUT2D eigenvalue weighted by Crippen LogP contribution is -2.07. The number of benzene rings is 1. The summed E-state index contributed by atoms with van der Waals surface area (Å²) in [6.07, 6.45) is 3.20. The van der Waals surface area contributed by atoms with E-state index < -0.39 is 5.97 Å². The van der Waals surface area contributed by atoms with Crippen LogP contribution in [-0.4, -0.2) is 32.8 Å². The van der Waals surface area contributed by atoms with E-state index in [1.807, 2.05) is 24.3 Å². The third-order valence-electron chi connectivity index (χ3n) is 3.12. The van der Waals surface area contributed by atoms with E-state index in [4.69, 9.17) is 5.73 Å². The summed E-state index contributed by atoms with van der Waals surface area (Å²) < 4.78 is 6.14.